The summed E-state index contributed by atoms with van der Waals surface area (Å²) in [7, 11) is 3.88. The van der Waals surface area contributed by atoms with Gasteiger partial charge in [-0.2, -0.15) is 0 Å². The number of piperazine rings is 1. The van der Waals surface area contributed by atoms with E-state index in [1.54, 1.807) is 7.05 Å². The second-order valence-corrected chi connectivity index (χ2v) is 5.30. The molecule has 0 atom stereocenters. The molecule has 0 unspecified atom stereocenters. The quantitative estimate of drug-likeness (QED) is 0.321. The van der Waals surface area contributed by atoms with E-state index >= 15 is 0 Å². The summed E-state index contributed by atoms with van der Waals surface area (Å²) >= 11 is 0. The average Bonchev–Trinajstić information content (AvgIpc) is 2.56. The molecular formula is C16H25IN6. The molecule has 1 aromatic heterocycles. The van der Waals surface area contributed by atoms with Gasteiger partial charge in [-0.05, 0) is 24.7 Å². The zero-order valence-corrected chi connectivity index (χ0v) is 16.1. The molecule has 0 bridgehead atoms. The Bertz CT molecular complexity index is 546. The zero-order chi connectivity index (χ0) is 15.8. The van der Waals surface area contributed by atoms with Gasteiger partial charge < -0.3 is 20.4 Å². The molecule has 0 saturated carbocycles. The fourth-order valence-electron chi connectivity index (χ4n) is 2.32. The lowest BCUT2D eigenvalue weighted by atomic mass is 10.2. The molecule has 2 heterocycles. The number of aliphatic imine (C=N–C) groups is 1. The summed E-state index contributed by atoms with van der Waals surface area (Å²) in [5.74, 6) is 4.28. The van der Waals surface area contributed by atoms with Crippen molar-refractivity contribution < 1.29 is 0 Å². The van der Waals surface area contributed by atoms with Crippen molar-refractivity contribution in [2.24, 2.45) is 4.99 Å². The molecule has 0 aliphatic carbocycles. The minimum absolute atomic E-state index is 0. The predicted molar refractivity (Wildman–Crippen MR) is 106 cm³/mol. The Balaban J connectivity index is 0.00000264. The van der Waals surface area contributed by atoms with Crippen molar-refractivity contribution in [3.63, 3.8) is 0 Å². The summed E-state index contributed by atoms with van der Waals surface area (Å²) in [4.78, 5) is 13.3. The van der Waals surface area contributed by atoms with Crippen molar-refractivity contribution in [2.45, 2.75) is 6.54 Å². The Morgan fingerprint density at radius 1 is 1.35 bits per heavy atom. The van der Waals surface area contributed by atoms with Crippen LogP contribution in [0.15, 0.2) is 23.3 Å². The third-order valence-corrected chi connectivity index (χ3v) is 3.68. The molecule has 0 spiro atoms. The van der Waals surface area contributed by atoms with E-state index in [4.69, 9.17) is 6.42 Å². The van der Waals surface area contributed by atoms with Crippen molar-refractivity contribution in [3.05, 3.63) is 23.9 Å². The number of halogens is 1. The monoisotopic (exact) mass is 428 g/mol. The number of anilines is 1. The van der Waals surface area contributed by atoms with Gasteiger partial charge in [-0.3, -0.25) is 4.99 Å². The number of hydrogen-bond acceptors (Lipinski definition) is 4. The number of pyridine rings is 1. The van der Waals surface area contributed by atoms with Gasteiger partial charge >= 0.3 is 0 Å². The number of rotatable bonds is 4. The van der Waals surface area contributed by atoms with Crippen LogP contribution >= 0.6 is 24.0 Å². The molecular weight excluding hydrogens is 403 g/mol. The number of likely N-dealkylation sites (N-methyl/N-ethyl adjacent to an activating group) is 1. The highest BCUT2D eigenvalue weighted by atomic mass is 127. The molecule has 1 saturated heterocycles. The molecule has 23 heavy (non-hydrogen) atoms. The third kappa shape index (κ3) is 6.23. The highest BCUT2D eigenvalue weighted by Gasteiger charge is 2.15. The van der Waals surface area contributed by atoms with Crippen LogP contribution in [0.5, 0.6) is 0 Å². The number of aromatic nitrogens is 1. The normalized spacial score (nSPS) is 15.5. The number of terminal acetylenes is 1. The zero-order valence-electron chi connectivity index (χ0n) is 13.7. The summed E-state index contributed by atoms with van der Waals surface area (Å²) in [5.41, 5.74) is 1.17. The Morgan fingerprint density at radius 3 is 2.74 bits per heavy atom. The van der Waals surface area contributed by atoms with E-state index < -0.39 is 0 Å². The van der Waals surface area contributed by atoms with Crippen molar-refractivity contribution >= 4 is 35.8 Å². The van der Waals surface area contributed by atoms with E-state index in [1.165, 1.54) is 5.56 Å². The van der Waals surface area contributed by atoms with Crippen LogP contribution in [0.2, 0.25) is 0 Å². The van der Waals surface area contributed by atoms with Crippen molar-refractivity contribution in [1.29, 1.82) is 0 Å². The molecule has 1 fully saturated rings. The lowest BCUT2D eigenvalue weighted by Crippen LogP contribution is -2.44. The lowest BCUT2D eigenvalue weighted by molar-refractivity contribution is 0.312. The van der Waals surface area contributed by atoms with Gasteiger partial charge in [0.05, 0.1) is 6.54 Å². The van der Waals surface area contributed by atoms with Gasteiger partial charge in [0.25, 0.3) is 0 Å². The van der Waals surface area contributed by atoms with Crippen LogP contribution in [0.4, 0.5) is 5.82 Å². The van der Waals surface area contributed by atoms with E-state index in [9.17, 15) is 0 Å². The topological polar surface area (TPSA) is 55.8 Å². The molecule has 2 N–H and O–H groups in total. The van der Waals surface area contributed by atoms with E-state index in [0.29, 0.717) is 19.0 Å². The number of nitrogens with one attached hydrogen (secondary N) is 2. The largest absolute Gasteiger partial charge is 0.354 e. The fraction of sp³-hybridized carbons (Fsp3) is 0.500. The maximum absolute atomic E-state index is 5.24. The number of nitrogens with zero attached hydrogens (tertiary/aromatic N) is 4. The van der Waals surface area contributed by atoms with Crippen LogP contribution in [0.3, 0.4) is 0 Å². The van der Waals surface area contributed by atoms with Gasteiger partial charge in [0.2, 0.25) is 0 Å². The van der Waals surface area contributed by atoms with E-state index in [0.717, 1.165) is 32.0 Å². The average molecular weight is 428 g/mol. The first-order valence-electron chi connectivity index (χ1n) is 7.49. The number of hydrogen-bond donors (Lipinski definition) is 2. The van der Waals surface area contributed by atoms with Crippen molar-refractivity contribution in [1.82, 2.24) is 20.5 Å². The maximum atomic E-state index is 5.24. The van der Waals surface area contributed by atoms with Gasteiger partial charge in [0, 0.05) is 46.0 Å². The molecule has 126 valence electrons. The summed E-state index contributed by atoms with van der Waals surface area (Å²) in [6.07, 6.45) is 7.10. The van der Waals surface area contributed by atoms with E-state index in [1.807, 2.05) is 12.3 Å². The SMILES string of the molecule is C#CCNC(=NC)NCc1ccnc(N2CCN(C)CC2)c1.I. The second kappa shape index (κ2) is 10.3. The van der Waals surface area contributed by atoms with Gasteiger partial charge in [-0.1, -0.05) is 5.92 Å². The van der Waals surface area contributed by atoms with Crippen LogP contribution in [0.25, 0.3) is 0 Å². The van der Waals surface area contributed by atoms with Gasteiger partial charge in [-0.25, -0.2) is 4.98 Å². The van der Waals surface area contributed by atoms with Crippen LogP contribution in [0.1, 0.15) is 5.56 Å². The Morgan fingerprint density at radius 2 is 2.09 bits per heavy atom. The van der Waals surface area contributed by atoms with Gasteiger partial charge in [0.15, 0.2) is 5.96 Å². The minimum atomic E-state index is 0. The molecule has 0 radical (unpaired) electrons. The summed E-state index contributed by atoms with van der Waals surface area (Å²) in [6, 6.07) is 4.15. The third-order valence-electron chi connectivity index (χ3n) is 3.68. The van der Waals surface area contributed by atoms with Crippen LogP contribution in [0, 0.1) is 12.3 Å². The summed E-state index contributed by atoms with van der Waals surface area (Å²) < 4.78 is 0. The molecule has 6 nitrogen and oxygen atoms in total. The molecule has 0 amide bonds. The maximum Gasteiger partial charge on any atom is 0.192 e. The molecule has 1 aromatic rings. The first-order valence-corrected chi connectivity index (χ1v) is 7.49. The lowest BCUT2D eigenvalue weighted by Gasteiger charge is -2.33. The van der Waals surface area contributed by atoms with Crippen LogP contribution in [-0.4, -0.2) is 62.7 Å². The predicted octanol–water partition coefficient (Wildman–Crippen LogP) is 0.750. The summed E-state index contributed by atoms with van der Waals surface area (Å²) in [6.45, 7) is 5.34. The Labute approximate surface area is 155 Å². The first-order chi connectivity index (χ1) is 10.7. The fourth-order valence-corrected chi connectivity index (χ4v) is 2.32. The molecule has 7 heteroatoms. The molecule has 1 aliphatic rings. The minimum Gasteiger partial charge on any atom is -0.354 e. The molecule has 1 aliphatic heterocycles. The molecule has 0 aromatic carbocycles. The van der Waals surface area contributed by atoms with Crippen LogP contribution < -0.4 is 15.5 Å². The Hall–Kier alpha value is -1.53. The van der Waals surface area contributed by atoms with Crippen molar-refractivity contribution in [2.75, 3.05) is 51.7 Å². The number of guanidine groups is 1. The highest BCUT2D eigenvalue weighted by Crippen LogP contribution is 2.14. The van der Waals surface area contributed by atoms with E-state index in [-0.39, 0.29) is 24.0 Å². The smallest absolute Gasteiger partial charge is 0.192 e. The molecule has 2 rings (SSSR count). The van der Waals surface area contributed by atoms with E-state index in [2.05, 4.69) is 49.4 Å². The Kier molecular flexibility index (Phi) is 8.73. The second-order valence-electron chi connectivity index (χ2n) is 5.30. The van der Waals surface area contributed by atoms with Gasteiger partial charge in [0.1, 0.15) is 5.82 Å². The first kappa shape index (κ1) is 19.5. The highest BCUT2D eigenvalue weighted by molar-refractivity contribution is 14.0. The van der Waals surface area contributed by atoms with Gasteiger partial charge in [-0.15, -0.1) is 30.4 Å². The summed E-state index contributed by atoms with van der Waals surface area (Å²) in [5, 5.41) is 6.29. The van der Waals surface area contributed by atoms with Crippen LogP contribution in [-0.2, 0) is 6.54 Å². The van der Waals surface area contributed by atoms with Crippen molar-refractivity contribution in [3.8, 4) is 12.3 Å². The standard InChI is InChI=1S/C16H24N6.HI/c1-4-6-19-16(17-2)20-13-14-5-7-18-15(12-14)22-10-8-21(3)9-11-22;/h1,5,7,12H,6,8-11,13H2,2-3H3,(H2,17,19,20);1H.